The van der Waals surface area contributed by atoms with Gasteiger partial charge in [0.25, 0.3) is 0 Å². The maximum atomic E-state index is 10.2. The number of aliphatic hydroxyl groups excluding tert-OH is 1. The molecule has 1 spiro atoms. The minimum absolute atomic E-state index is 0.269. The number of benzene rings is 1. The van der Waals surface area contributed by atoms with Gasteiger partial charge in [0.1, 0.15) is 11.9 Å². The van der Waals surface area contributed by atoms with Crippen LogP contribution in [0.4, 0.5) is 0 Å². The van der Waals surface area contributed by atoms with Gasteiger partial charge < -0.3 is 19.3 Å². The molecule has 1 aliphatic carbocycles. The van der Waals surface area contributed by atoms with Crippen molar-refractivity contribution in [3.63, 3.8) is 0 Å². The van der Waals surface area contributed by atoms with Gasteiger partial charge in [0.15, 0.2) is 5.79 Å². The number of ether oxygens (including phenoxy) is 3. The van der Waals surface area contributed by atoms with Gasteiger partial charge in [-0.15, -0.1) is 0 Å². The molecule has 4 nitrogen and oxygen atoms in total. The number of aryl methyl sites for hydroxylation is 1. The highest BCUT2D eigenvalue weighted by molar-refractivity contribution is 5.28. The summed E-state index contributed by atoms with van der Waals surface area (Å²) in [7, 11) is 0. The van der Waals surface area contributed by atoms with Crippen LogP contribution in [0, 0.1) is 0 Å². The third-order valence-electron chi connectivity index (χ3n) is 4.17. The second kappa shape index (κ2) is 5.72. The Morgan fingerprint density at radius 3 is 2.90 bits per heavy atom. The van der Waals surface area contributed by atoms with Crippen LogP contribution in [0.5, 0.6) is 5.75 Å². The molecule has 1 saturated carbocycles. The lowest BCUT2D eigenvalue weighted by Gasteiger charge is -2.38. The maximum Gasteiger partial charge on any atom is 0.172 e. The molecule has 0 bridgehead atoms. The fourth-order valence-corrected chi connectivity index (χ4v) is 2.99. The van der Waals surface area contributed by atoms with Crippen LogP contribution in [0.15, 0.2) is 24.3 Å². The van der Waals surface area contributed by atoms with Gasteiger partial charge in [-0.1, -0.05) is 19.1 Å². The average Bonchev–Trinajstić information content (AvgIpc) is 2.92. The van der Waals surface area contributed by atoms with Crippen LogP contribution in [0.2, 0.25) is 0 Å². The summed E-state index contributed by atoms with van der Waals surface area (Å²) in [4.78, 5) is 0. The largest absolute Gasteiger partial charge is 0.488 e. The van der Waals surface area contributed by atoms with Gasteiger partial charge >= 0.3 is 0 Å². The predicted octanol–water partition coefficient (Wildman–Crippen LogP) is 2.28. The molecular weight excluding hydrogens is 256 g/mol. The highest BCUT2D eigenvalue weighted by Crippen LogP contribution is 2.37. The molecule has 2 aliphatic rings. The monoisotopic (exact) mass is 278 g/mol. The number of hydrogen-bond acceptors (Lipinski definition) is 4. The van der Waals surface area contributed by atoms with Gasteiger partial charge in [-0.25, -0.2) is 0 Å². The zero-order chi connectivity index (χ0) is 14.0. The molecule has 0 radical (unpaired) electrons. The topological polar surface area (TPSA) is 47.9 Å². The Morgan fingerprint density at radius 1 is 1.35 bits per heavy atom. The first kappa shape index (κ1) is 13.9. The van der Waals surface area contributed by atoms with Crippen LogP contribution in [-0.4, -0.2) is 36.3 Å². The second-order valence-electron chi connectivity index (χ2n) is 5.58. The minimum atomic E-state index is -0.535. The maximum absolute atomic E-state index is 10.2. The molecule has 1 heterocycles. The molecule has 110 valence electrons. The van der Waals surface area contributed by atoms with E-state index < -0.39 is 11.9 Å². The fraction of sp³-hybridized carbons (Fsp3) is 0.625. The van der Waals surface area contributed by atoms with Crippen molar-refractivity contribution in [3.05, 3.63) is 29.8 Å². The van der Waals surface area contributed by atoms with E-state index in [9.17, 15) is 5.11 Å². The Morgan fingerprint density at radius 2 is 2.15 bits per heavy atom. The molecule has 1 N–H and O–H groups in total. The minimum Gasteiger partial charge on any atom is -0.488 e. The first-order chi connectivity index (χ1) is 9.71. The summed E-state index contributed by atoms with van der Waals surface area (Å²) < 4.78 is 17.4. The van der Waals surface area contributed by atoms with Crippen molar-refractivity contribution in [3.8, 4) is 5.75 Å². The van der Waals surface area contributed by atoms with Gasteiger partial charge in [-0.05, 0) is 30.5 Å². The zero-order valence-electron chi connectivity index (χ0n) is 11.9. The summed E-state index contributed by atoms with van der Waals surface area (Å²) in [5, 5.41) is 10.2. The lowest BCUT2D eigenvalue weighted by atomic mass is 9.89. The first-order valence-electron chi connectivity index (χ1n) is 7.42. The highest BCUT2D eigenvalue weighted by Gasteiger charge is 2.45. The zero-order valence-corrected chi connectivity index (χ0v) is 11.9. The van der Waals surface area contributed by atoms with Crippen LogP contribution < -0.4 is 4.74 Å². The van der Waals surface area contributed by atoms with Gasteiger partial charge in [-0.2, -0.15) is 0 Å². The predicted molar refractivity (Wildman–Crippen MR) is 74.7 cm³/mol. The van der Waals surface area contributed by atoms with E-state index in [4.69, 9.17) is 14.2 Å². The third-order valence-corrected chi connectivity index (χ3v) is 4.17. The van der Waals surface area contributed by atoms with Crippen molar-refractivity contribution in [2.24, 2.45) is 0 Å². The van der Waals surface area contributed by atoms with Gasteiger partial charge in [0.05, 0.1) is 19.3 Å². The molecule has 1 aliphatic heterocycles. The SMILES string of the molecule is CCc1cccc(OC2CC3(CCC2O)OCCO3)c1. The molecule has 1 saturated heterocycles. The van der Waals surface area contributed by atoms with Crippen LogP contribution in [0.1, 0.15) is 31.7 Å². The lowest BCUT2D eigenvalue weighted by molar-refractivity contribution is -0.209. The second-order valence-corrected chi connectivity index (χ2v) is 5.58. The van der Waals surface area contributed by atoms with E-state index >= 15 is 0 Å². The summed E-state index contributed by atoms with van der Waals surface area (Å²) >= 11 is 0. The molecule has 2 fully saturated rings. The van der Waals surface area contributed by atoms with Gasteiger partial charge in [-0.3, -0.25) is 0 Å². The smallest absolute Gasteiger partial charge is 0.172 e. The van der Waals surface area contributed by atoms with E-state index in [1.807, 2.05) is 18.2 Å². The van der Waals surface area contributed by atoms with E-state index in [1.165, 1.54) is 5.56 Å². The van der Waals surface area contributed by atoms with Crippen molar-refractivity contribution in [1.29, 1.82) is 0 Å². The molecule has 20 heavy (non-hydrogen) atoms. The summed E-state index contributed by atoms with van der Waals surface area (Å²) in [5.41, 5.74) is 1.23. The Labute approximate surface area is 119 Å². The first-order valence-corrected chi connectivity index (χ1v) is 7.42. The number of aliphatic hydroxyl groups is 1. The molecular formula is C16H22O4. The fourth-order valence-electron chi connectivity index (χ4n) is 2.99. The number of hydrogen-bond donors (Lipinski definition) is 1. The molecule has 2 unspecified atom stereocenters. The Hall–Kier alpha value is -1.10. The molecule has 1 aromatic carbocycles. The Balaban J connectivity index is 1.71. The van der Waals surface area contributed by atoms with Crippen molar-refractivity contribution in [2.45, 2.75) is 50.6 Å². The summed E-state index contributed by atoms with van der Waals surface area (Å²) in [6.45, 7) is 3.38. The molecule has 0 amide bonds. The van der Waals surface area contributed by atoms with Crippen LogP contribution in [-0.2, 0) is 15.9 Å². The molecule has 3 rings (SSSR count). The van der Waals surface area contributed by atoms with E-state index in [0.717, 1.165) is 18.6 Å². The van der Waals surface area contributed by atoms with Crippen LogP contribution >= 0.6 is 0 Å². The third kappa shape index (κ3) is 2.82. The molecule has 0 aromatic heterocycles. The summed E-state index contributed by atoms with van der Waals surface area (Å²) in [6, 6.07) is 8.03. The van der Waals surface area contributed by atoms with Gasteiger partial charge in [0.2, 0.25) is 0 Å². The summed E-state index contributed by atoms with van der Waals surface area (Å²) in [6.07, 6.45) is 2.22. The molecule has 2 atom stereocenters. The lowest BCUT2D eigenvalue weighted by Crippen LogP contribution is -2.47. The van der Waals surface area contributed by atoms with Crippen molar-refractivity contribution < 1.29 is 19.3 Å². The average molecular weight is 278 g/mol. The van der Waals surface area contributed by atoms with E-state index in [1.54, 1.807) is 0 Å². The molecule has 1 aromatic rings. The Kier molecular flexibility index (Phi) is 3.96. The van der Waals surface area contributed by atoms with Crippen molar-refractivity contribution in [1.82, 2.24) is 0 Å². The standard InChI is InChI=1S/C16H22O4/c1-2-12-4-3-5-13(10-12)20-15-11-16(7-6-14(15)17)18-8-9-19-16/h3-5,10,14-15,17H,2,6-9,11H2,1H3. The highest BCUT2D eigenvalue weighted by atomic mass is 16.7. The number of rotatable bonds is 3. The summed E-state index contributed by atoms with van der Waals surface area (Å²) in [5.74, 6) is 0.273. The Bertz CT molecular complexity index is 454. The van der Waals surface area contributed by atoms with Crippen molar-refractivity contribution in [2.75, 3.05) is 13.2 Å². The molecule has 4 heteroatoms. The van der Waals surface area contributed by atoms with Gasteiger partial charge in [0, 0.05) is 12.8 Å². The van der Waals surface area contributed by atoms with Crippen molar-refractivity contribution >= 4 is 0 Å². The normalized spacial score (nSPS) is 28.7. The van der Waals surface area contributed by atoms with Crippen LogP contribution in [0.3, 0.4) is 0 Å². The van der Waals surface area contributed by atoms with E-state index in [2.05, 4.69) is 13.0 Å². The van der Waals surface area contributed by atoms with E-state index in [-0.39, 0.29) is 6.10 Å². The quantitative estimate of drug-likeness (QED) is 0.921. The van der Waals surface area contributed by atoms with E-state index in [0.29, 0.717) is 26.1 Å². The van der Waals surface area contributed by atoms with Crippen LogP contribution in [0.25, 0.3) is 0 Å².